The molecule has 2 aliphatic rings. The van der Waals surface area contributed by atoms with Crippen LogP contribution in [0.2, 0.25) is 0 Å². The Morgan fingerprint density at radius 1 is 0.833 bits per heavy atom. The Morgan fingerprint density at radius 3 is 1.50 bits per heavy atom. The quantitative estimate of drug-likeness (QED) is 0.510. The number of hydrogen-bond donors (Lipinski definition) is 0. The van der Waals surface area contributed by atoms with E-state index < -0.39 is 36.3 Å². The molecule has 0 bridgehead atoms. The van der Waals surface area contributed by atoms with Crippen LogP contribution in [0.5, 0.6) is 0 Å². The van der Waals surface area contributed by atoms with Gasteiger partial charge in [-0.25, -0.2) is 0 Å². The first-order chi connectivity index (χ1) is 14.4. The highest BCUT2D eigenvalue weighted by atomic mass is 16.9. The maximum atomic E-state index is 12.6. The number of carbonyl (C=O) groups excluding carboxylic acids is 2. The molecule has 0 aromatic rings. The Labute approximate surface area is 175 Å². The Balaban J connectivity index is 2.46. The Morgan fingerprint density at radius 2 is 1.20 bits per heavy atom. The molecule has 0 aromatic carbocycles. The van der Waals surface area contributed by atoms with Crippen molar-refractivity contribution in [3.63, 3.8) is 0 Å². The average Bonchev–Trinajstić information content (AvgIpc) is 3.20. The first-order valence-electron chi connectivity index (χ1n) is 10.3. The molecule has 0 aliphatic carbocycles. The van der Waals surface area contributed by atoms with Crippen LogP contribution in [0.4, 0.5) is 9.59 Å². The topological polar surface area (TPSA) is 130 Å². The molecule has 2 heterocycles. The molecule has 12 nitrogen and oxygen atoms in total. The predicted octanol–water partition coefficient (Wildman–Crippen LogP) is 2.64. The molecule has 2 atom stereocenters. The molecule has 0 fully saturated rings. The van der Waals surface area contributed by atoms with E-state index in [0.29, 0.717) is 25.7 Å². The van der Waals surface area contributed by atoms with Gasteiger partial charge >= 0.3 is 23.9 Å². The molecule has 2 amide bonds. The van der Waals surface area contributed by atoms with E-state index in [1.54, 1.807) is 13.8 Å². The average molecular weight is 430 g/mol. The van der Waals surface area contributed by atoms with Gasteiger partial charge in [0.1, 0.15) is 0 Å². The third-order valence-electron chi connectivity index (χ3n) is 4.55. The second kappa shape index (κ2) is 10.7. The first kappa shape index (κ1) is 23.4. The van der Waals surface area contributed by atoms with Crippen LogP contribution >= 0.6 is 0 Å². The molecule has 0 saturated carbocycles. The Bertz CT molecular complexity index is 638. The van der Waals surface area contributed by atoms with Crippen molar-refractivity contribution < 1.29 is 38.5 Å². The largest absolute Gasteiger partial charge is 0.508 e. The van der Waals surface area contributed by atoms with E-state index in [2.05, 4.69) is 0 Å². The van der Waals surface area contributed by atoms with Crippen molar-refractivity contribution in [3.05, 3.63) is 10.4 Å². The summed E-state index contributed by atoms with van der Waals surface area (Å²) in [6, 6.07) is 0. The van der Waals surface area contributed by atoms with Crippen LogP contribution in [-0.2, 0) is 19.1 Å². The third-order valence-corrected chi connectivity index (χ3v) is 4.55. The summed E-state index contributed by atoms with van der Waals surface area (Å²) >= 11 is 0. The molecule has 0 radical (unpaired) electrons. The molecule has 0 saturated heterocycles. The zero-order chi connectivity index (χ0) is 22.3. The highest BCUT2D eigenvalue weighted by Gasteiger charge is 2.58. The van der Waals surface area contributed by atoms with Crippen LogP contribution in [0.25, 0.3) is 0 Å². The lowest BCUT2D eigenvalue weighted by atomic mass is 10.2. The SMILES string of the molecule is CCCC[C@H]1O[N+]([O-])=C(C2=[N+]([O-])O[C@H](CCCC)N2C(=O)OCC)N1C(=O)OCC. The van der Waals surface area contributed by atoms with E-state index in [1.165, 1.54) is 0 Å². The van der Waals surface area contributed by atoms with Crippen molar-refractivity contribution in [1.82, 2.24) is 9.80 Å². The van der Waals surface area contributed by atoms with Crippen molar-refractivity contribution in [2.45, 2.75) is 78.7 Å². The number of amidine groups is 2. The normalized spacial score (nSPS) is 21.1. The van der Waals surface area contributed by atoms with Gasteiger partial charge in [0.2, 0.25) is 0 Å². The van der Waals surface area contributed by atoms with E-state index in [0.717, 1.165) is 22.6 Å². The molecule has 2 rings (SSSR count). The standard InChI is InChI=1S/C18H30N4O8/c1-5-9-11-13-19(17(23)27-7-3)15(21(25)29-13)16-20(18(24)28-8-4)14(12-10-6-2)30-22(16)26/h13-14H,5-12H2,1-4H3/t13-,14-/m1/s1. The van der Waals surface area contributed by atoms with E-state index in [1.807, 2.05) is 13.8 Å². The molecule has 2 aliphatic heterocycles. The van der Waals surface area contributed by atoms with Gasteiger partial charge in [-0.05, 0) is 36.5 Å². The zero-order valence-corrected chi connectivity index (χ0v) is 17.9. The van der Waals surface area contributed by atoms with Gasteiger partial charge in [0.15, 0.2) is 12.5 Å². The summed E-state index contributed by atoms with van der Waals surface area (Å²) in [5.41, 5.74) is 0. The van der Waals surface area contributed by atoms with Gasteiger partial charge in [0.25, 0.3) is 0 Å². The van der Waals surface area contributed by atoms with Gasteiger partial charge in [0.05, 0.1) is 13.2 Å². The second-order valence-electron chi connectivity index (χ2n) is 6.70. The first-order valence-corrected chi connectivity index (χ1v) is 10.3. The summed E-state index contributed by atoms with van der Waals surface area (Å²) in [4.78, 5) is 37.8. The lowest BCUT2D eigenvalue weighted by Crippen LogP contribution is -2.53. The van der Waals surface area contributed by atoms with Crippen molar-refractivity contribution >= 4 is 23.9 Å². The zero-order valence-electron chi connectivity index (χ0n) is 17.9. The minimum Gasteiger partial charge on any atom is -0.431 e. The van der Waals surface area contributed by atoms with Crippen molar-refractivity contribution in [3.8, 4) is 0 Å². The summed E-state index contributed by atoms with van der Waals surface area (Å²) in [5.74, 6) is -0.951. The van der Waals surface area contributed by atoms with Crippen LogP contribution in [0.3, 0.4) is 0 Å². The molecule has 0 aromatic heterocycles. The fourth-order valence-corrected chi connectivity index (χ4v) is 3.16. The van der Waals surface area contributed by atoms with Gasteiger partial charge in [-0.1, -0.05) is 26.7 Å². The van der Waals surface area contributed by atoms with Gasteiger partial charge in [-0.2, -0.15) is 9.59 Å². The molecule has 0 N–H and O–H groups in total. The number of amides is 2. The molecule has 30 heavy (non-hydrogen) atoms. The lowest BCUT2D eigenvalue weighted by Gasteiger charge is -2.20. The smallest absolute Gasteiger partial charge is 0.431 e. The molecular formula is C18H30N4O8. The van der Waals surface area contributed by atoms with Crippen LogP contribution in [-0.4, -0.2) is 69.1 Å². The lowest BCUT2D eigenvalue weighted by molar-refractivity contribution is -0.749. The maximum absolute atomic E-state index is 12.6. The van der Waals surface area contributed by atoms with Crippen molar-refractivity contribution in [2.75, 3.05) is 13.2 Å². The number of rotatable bonds is 9. The highest BCUT2D eigenvalue weighted by Crippen LogP contribution is 2.26. The summed E-state index contributed by atoms with van der Waals surface area (Å²) in [6.07, 6.45) is -0.0929. The van der Waals surface area contributed by atoms with E-state index in [9.17, 15) is 20.0 Å². The third kappa shape index (κ3) is 4.79. The fourth-order valence-electron chi connectivity index (χ4n) is 3.16. The molecule has 0 spiro atoms. The van der Waals surface area contributed by atoms with Crippen LogP contribution in [0.1, 0.15) is 66.2 Å². The minimum absolute atomic E-state index is 0.0509. The monoisotopic (exact) mass is 430 g/mol. The number of unbranched alkanes of at least 4 members (excludes halogenated alkanes) is 2. The van der Waals surface area contributed by atoms with Crippen molar-refractivity contribution in [1.29, 1.82) is 0 Å². The van der Waals surface area contributed by atoms with Crippen LogP contribution < -0.4 is 0 Å². The number of hydrogen-bond acceptors (Lipinski definition) is 8. The van der Waals surface area contributed by atoms with E-state index >= 15 is 0 Å². The maximum Gasteiger partial charge on any atom is 0.508 e. The Hall–Kier alpha value is -2.92. The van der Waals surface area contributed by atoms with Gasteiger partial charge in [-0.3, -0.25) is 0 Å². The van der Waals surface area contributed by atoms with Crippen LogP contribution in [0.15, 0.2) is 0 Å². The molecular weight excluding hydrogens is 400 g/mol. The highest BCUT2D eigenvalue weighted by molar-refractivity contribution is 6.40. The minimum atomic E-state index is -0.976. The predicted molar refractivity (Wildman–Crippen MR) is 104 cm³/mol. The van der Waals surface area contributed by atoms with Gasteiger partial charge < -0.3 is 29.6 Å². The number of ether oxygens (including phenoxy) is 2. The summed E-state index contributed by atoms with van der Waals surface area (Å²) in [5, 5.41) is 25.3. The molecule has 170 valence electrons. The van der Waals surface area contributed by atoms with Gasteiger partial charge in [-0.15, -0.1) is 9.80 Å². The van der Waals surface area contributed by atoms with E-state index in [-0.39, 0.29) is 23.0 Å². The fraction of sp³-hybridized carbons (Fsp3) is 0.778. The molecule has 0 unspecified atom stereocenters. The van der Waals surface area contributed by atoms with Gasteiger partial charge in [0, 0.05) is 12.8 Å². The Kier molecular flexibility index (Phi) is 8.36. The number of carbonyl (C=O) groups is 2. The molecule has 12 heteroatoms. The number of nitrogens with zero attached hydrogens (tertiary/aromatic N) is 4. The van der Waals surface area contributed by atoms with Crippen molar-refractivity contribution in [2.24, 2.45) is 0 Å². The summed E-state index contributed by atoms with van der Waals surface area (Å²) < 4.78 is 10.1. The van der Waals surface area contributed by atoms with E-state index in [4.69, 9.17) is 19.1 Å². The summed E-state index contributed by atoms with van der Waals surface area (Å²) in [7, 11) is 0. The summed E-state index contributed by atoms with van der Waals surface area (Å²) in [6.45, 7) is 7.22. The van der Waals surface area contributed by atoms with Crippen LogP contribution in [0, 0.1) is 10.4 Å². The second-order valence-corrected chi connectivity index (χ2v) is 6.70.